The van der Waals surface area contributed by atoms with Crippen LogP contribution in [0.4, 0.5) is 10.5 Å². The minimum atomic E-state index is -1.16. The highest BCUT2D eigenvalue weighted by atomic mass is 35.5. The van der Waals surface area contributed by atoms with Crippen molar-refractivity contribution in [3.63, 3.8) is 0 Å². The number of amides is 2. The molecule has 0 saturated heterocycles. The van der Waals surface area contributed by atoms with Gasteiger partial charge in [0.15, 0.2) is 0 Å². The second kappa shape index (κ2) is 8.90. The molecule has 0 fully saturated rings. The number of aryl methyl sites for hydroxylation is 1. The Kier molecular flexibility index (Phi) is 6.54. The summed E-state index contributed by atoms with van der Waals surface area (Å²) in [6, 6.07) is 9.17. The van der Waals surface area contributed by atoms with Gasteiger partial charge in [-0.2, -0.15) is 0 Å². The normalized spacial score (nSPS) is 16.2. The van der Waals surface area contributed by atoms with E-state index in [1.54, 1.807) is 0 Å². The van der Waals surface area contributed by atoms with Crippen LogP contribution in [0, 0.1) is 0 Å². The Morgan fingerprint density at radius 1 is 1.14 bits per heavy atom. The van der Waals surface area contributed by atoms with Crippen LogP contribution in [0.5, 0.6) is 0 Å². The molecule has 28 heavy (non-hydrogen) atoms. The number of carboxylic acids is 1. The second-order valence-electron chi connectivity index (χ2n) is 6.42. The maximum absolute atomic E-state index is 12.3. The van der Waals surface area contributed by atoms with Gasteiger partial charge in [0.1, 0.15) is 6.04 Å². The molecule has 2 amide bonds. The lowest BCUT2D eigenvalue weighted by atomic mass is 10.1. The largest absolute Gasteiger partial charge is 0.480 e. The average Bonchev–Trinajstić information content (AvgIpc) is 3.03. The van der Waals surface area contributed by atoms with E-state index in [2.05, 4.69) is 16.0 Å². The molecular weight excluding hydrogens is 425 g/mol. The van der Waals surface area contributed by atoms with Gasteiger partial charge in [-0.25, -0.2) is 9.59 Å². The minimum Gasteiger partial charge on any atom is -0.480 e. The molecule has 4 N–H and O–H groups in total. The Bertz CT molecular complexity index is 884. The molecule has 2 atom stereocenters. The summed E-state index contributed by atoms with van der Waals surface area (Å²) < 4.78 is 0. The van der Waals surface area contributed by atoms with Crippen LogP contribution in [0.15, 0.2) is 36.4 Å². The Morgan fingerprint density at radius 3 is 2.50 bits per heavy atom. The van der Waals surface area contributed by atoms with E-state index < -0.39 is 18.0 Å². The monoisotopic (exact) mass is 441 g/mol. The van der Waals surface area contributed by atoms with Crippen LogP contribution < -0.4 is 16.0 Å². The Morgan fingerprint density at radius 2 is 1.82 bits per heavy atom. The van der Waals surface area contributed by atoms with Crippen LogP contribution in [0.1, 0.15) is 23.6 Å². The number of hydrogen-bond donors (Lipinski definition) is 4. The lowest BCUT2D eigenvalue weighted by molar-refractivity contribution is -0.137. The molecule has 0 aromatic heterocycles. The van der Waals surface area contributed by atoms with Gasteiger partial charge in [0, 0.05) is 5.02 Å². The number of carbonyl (C=O) groups excluding carboxylic acids is 1. The summed E-state index contributed by atoms with van der Waals surface area (Å²) in [7, 11) is 0. The average molecular weight is 443 g/mol. The summed E-state index contributed by atoms with van der Waals surface area (Å²) in [5.41, 5.74) is 2.54. The van der Waals surface area contributed by atoms with Gasteiger partial charge in [-0.05, 0) is 36.1 Å². The molecule has 0 heterocycles. The Hall–Kier alpha value is -2.15. The molecular formula is C19H18Cl3N3O3. The molecule has 2 aromatic rings. The molecule has 0 spiro atoms. The van der Waals surface area contributed by atoms with Gasteiger partial charge in [0.25, 0.3) is 0 Å². The topological polar surface area (TPSA) is 90.5 Å². The molecule has 0 aliphatic heterocycles. The first-order valence-corrected chi connectivity index (χ1v) is 9.74. The van der Waals surface area contributed by atoms with Gasteiger partial charge in [-0.15, -0.1) is 0 Å². The van der Waals surface area contributed by atoms with Crippen molar-refractivity contribution < 1.29 is 14.7 Å². The molecule has 3 rings (SSSR count). The lowest BCUT2D eigenvalue weighted by Crippen LogP contribution is -2.45. The first kappa shape index (κ1) is 20.6. The van der Waals surface area contributed by atoms with Crippen molar-refractivity contribution in [2.75, 3.05) is 11.9 Å². The van der Waals surface area contributed by atoms with E-state index >= 15 is 0 Å². The fourth-order valence-corrected chi connectivity index (χ4v) is 4.09. The lowest BCUT2D eigenvalue weighted by Gasteiger charge is -2.20. The highest BCUT2D eigenvalue weighted by Gasteiger charge is 2.25. The summed E-state index contributed by atoms with van der Waals surface area (Å²) in [5.74, 6) is -1.16. The van der Waals surface area contributed by atoms with Crippen LogP contribution in [-0.4, -0.2) is 29.7 Å². The van der Waals surface area contributed by atoms with Crippen molar-refractivity contribution in [1.29, 1.82) is 0 Å². The molecule has 6 nitrogen and oxygen atoms in total. The van der Waals surface area contributed by atoms with Crippen LogP contribution in [0.3, 0.4) is 0 Å². The standard InChI is InChI=1S/C19H18Cl3N3O3/c20-11-7-13(21)17(14(22)8-11)24-16(18(26)27)9-23-19(28)25-15-6-5-10-3-1-2-4-12(10)15/h1-4,7-8,15-16,24H,5-6,9H2,(H,26,27)(H2,23,25,28)/t15-,16-/m0/s1. The van der Waals surface area contributed by atoms with E-state index in [1.165, 1.54) is 17.7 Å². The molecule has 0 radical (unpaired) electrons. The summed E-state index contributed by atoms with van der Waals surface area (Å²) in [4.78, 5) is 23.8. The molecule has 2 aromatic carbocycles. The van der Waals surface area contributed by atoms with Crippen molar-refractivity contribution >= 4 is 52.5 Å². The zero-order valence-corrected chi connectivity index (χ0v) is 16.9. The fraction of sp³-hybridized carbons (Fsp3) is 0.263. The fourth-order valence-electron chi connectivity index (χ4n) is 3.17. The highest BCUT2D eigenvalue weighted by Crippen LogP contribution is 2.34. The molecule has 9 heteroatoms. The first-order chi connectivity index (χ1) is 13.3. The SMILES string of the molecule is O=C(NC[C@H](Nc1c(Cl)cc(Cl)cc1Cl)C(=O)O)N[C@H]1CCc2ccccc21. The number of rotatable bonds is 6. The third-order valence-electron chi connectivity index (χ3n) is 4.53. The van der Waals surface area contributed by atoms with Crippen LogP contribution in [0.2, 0.25) is 15.1 Å². The number of carboxylic acid groups (broad SMARTS) is 1. The van der Waals surface area contributed by atoms with Gasteiger partial charge < -0.3 is 21.1 Å². The van der Waals surface area contributed by atoms with E-state index in [9.17, 15) is 14.7 Å². The van der Waals surface area contributed by atoms with Crippen molar-refractivity contribution in [2.24, 2.45) is 0 Å². The van der Waals surface area contributed by atoms with Gasteiger partial charge in [0.05, 0.1) is 28.3 Å². The number of urea groups is 1. The maximum Gasteiger partial charge on any atom is 0.327 e. The van der Waals surface area contributed by atoms with Gasteiger partial charge in [0.2, 0.25) is 0 Å². The molecule has 0 saturated carbocycles. The van der Waals surface area contributed by atoms with Gasteiger partial charge >= 0.3 is 12.0 Å². The summed E-state index contributed by atoms with van der Waals surface area (Å²) in [6.45, 7) is -0.162. The van der Waals surface area contributed by atoms with Crippen LogP contribution in [-0.2, 0) is 11.2 Å². The predicted octanol–water partition coefficient (Wildman–Crippen LogP) is 4.50. The minimum absolute atomic E-state index is 0.0902. The van der Waals surface area contributed by atoms with E-state index in [1.807, 2.05) is 24.3 Å². The first-order valence-electron chi connectivity index (χ1n) is 8.61. The zero-order chi connectivity index (χ0) is 20.3. The van der Waals surface area contributed by atoms with E-state index in [0.29, 0.717) is 5.02 Å². The highest BCUT2D eigenvalue weighted by molar-refractivity contribution is 6.41. The third kappa shape index (κ3) is 4.82. The number of anilines is 1. The molecule has 148 valence electrons. The number of halogens is 3. The predicted molar refractivity (Wildman–Crippen MR) is 111 cm³/mol. The number of nitrogens with one attached hydrogen (secondary N) is 3. The molecule has 0 bridgehead atoms. The third-order valence-corrected chi connectivity index (χ3v) is 5.34. The van der Waals surface area contributed by atoms with Crippen LogP contribution >= 0.6 is 34.8 Å². The molecule has 1 aliphatic rings. The number of fused-ring (bicyclic) bond motifs is 1. The molecule has 1 aliphatic carbocycles. The number of carbonyl (C=O) groups is 2. The van der Waals surface area contributed by atoms with E-state index in [0.717, 1.165) is 18.4 Å². The summed E-state index contributed by atoms with van der Waals surface area (Å²) >= 11 is 18.0. The number of benzene rings is 2. The van der Waals surface area contributed by atoms with Gasteiger partial charge in [-0.1, -0.05) is 59.1 Å². The Labute approximate surface area is 177 Å². The second-order valence-corrected chi connectivity index (χ2v) is 7.67. The maximum atomic E-state index is 12.3. The Balaban J connectivity index is 1.60. The van der Waals surface area contributed by atoms with Crippen molar-refractivity contribution in [2.45, 2.75) is 24.9 Å². The number of hydrogen-bond acceptors (Lipinski definition) is 3. The van der Waals surface area contributed by atoms with E-state index in [-0.39, 0.29) is 28.3 Å². The van der Waals surface area contributed by atoms with Crippen LogP contribution in [0.25, 0.3) is 0 Å². The van der Waals surface area contributed by atoms with Crippen molar-refractivity contribution in [3.8, 4) is 0 Å². The molecule has 0 unspecified atom stereocenters. The smallest absolute Gasteiger partial charge is 0.327 e. The quantitative estimate of drug-likeness (QED) is 0.530. The van der Waals surface area contributed by atoms with E-state index in [4.69, 9.17) is 34.8 Å². The zero-order valence-electron chi connectivity index (χ0n) is 14.6. The van der Waals surface area contributed by atoms with Crippen molar-refractivity contribution in [1.82, 2.24) is 10.6 Å². The summed E-state index contributed by atoms with van der Waals surface area (Å²) in [5, 5.41) is 18.4. The summed E-state index contributed by atoms with van der Waals surface area (Å²) in [6.07, 6.45) is 1.71. The van der Waals surface area contributed by atoms with Crippen molar-refractivity contribution in [3.05, 3.63) is 62.6 Å². The van der Waals surface area contributed by atoms with Gasteiger partial charge in [-0.3, -0.25) is 0 Å². The number of aliphatic carboxylic acids is 1.